The summed E-state index contributed by atoms with van der Waals surface area (Å²) in [6, 6.07) is 13.7. The van der Waals surface area contributed by atoms with Crippen LogP contribution in [0.15, 0.2) is 48.0 Å². The van der Waals surface area contributed by atoms with E-state index in [2.05, 4.69) is 0 Å². The molecular weight excluding hydrogens is 321 g/mol. The predicted molar refractivity (Wildman–Crippen MR) is 87.4 cm³/mol. The zero-order chi connectivity index (χ0) is 16.1. The molecule has 110 valence electrons. The maximum absolute atomic E-state index is 12.5. The van der Waals surface area contributed by atoms with Crippen molar-refractivity contribution >= 4 is 35.1 Å². The van der Waals surface area contributed by atoms with Gasteiger partial charge in [-0.25, -0.2) is 0 Å². The number of ether oxygens (including phenoxy) is 1. The highest BCUT2D eigenvalue weighted by Crippen LogP contribution is 2.27. The zero-order valence-electron chi connectivity index (χ0n) is 11.6. The molecule has 0 aliphatic carbocycles. The van der Waals surface area contributed by atoms with E-state index < -0.39 is 5.78 Å². The van der Waals surface area contributed by atoms with Gasteiger partial charge in [-0.05, 0) is 35.9 Å². The fourth-order valence-electron chi connectivity index (χ4n) is 1.90. The molecular formula is C17H11Cl2NO2. The minimum Gasteiger partial charge on any atom is -0.497 e. The fourth-order valence-corrected chi connectivity index (χ4v) is 2.47. The summed E-state index contributed by atoms with van der Waals surface area (Å²) in [6.45, 7) is 0. The molecule has 3 nitrogen and oxygen atoms in total. The first kappa shape index (κ1) is 16.1. The van der Waals surface area contributed by atoms with Crippen molar-refractivity contribution in [1.82, 2.24) is 0 Å². The normalized spacial score (nSPS) is 10.9. The van der Waals surface area contributed by atoms with Crippen LogP contribution in [0.5, 0.6) is 5.75 Å². The minimum atomic E-state index is -0.513. The Hall–Kier alpha value is -2.28. The SMILES string of the molecule is COc1cccc(/C=C(/C#N)C(=O)c2c(Cl)cccc2Cl)c1. The van der Waals surface area contributed by atoms with Gasteiger partial charge >= 0.3 is 0 Å². The molecule has 0 radical (unpaired) electrons. The lowest BCUT2D eigenvalue weighted by molar-refractivity contribution is 0.104. The van der Waals surface area contributed by atoms with Crippen LogP contribution in [0.4, 0.5) is 0 Å². The average Bonchev–Trinajstić information content (AvgIpc) is 2.52. The predicted octanol–water partition coefficient (Wildman–Crippen LogP) is 4.79. The molecule has 2 aromatic rings. The van der Waals surface area contributed by atoms with Crippen molar-refractivity contribution in [1.29, 1.82) is 5.26 Å². The summed E-state index contributed by atoms with van der Waals surface area (Å²) in [5.41, 5.74) is 0.747. The van der Waals surface area contributed by atoms with Crippen LogP contribution in [0.25, 0.3) is 6.08 Å². The molecule has 0 fully saturated rings. The van der Waals surface area contributed by atoms with Crippen molar-refractivity contribution in [2.75, 3.05) is 7.11 Å². The number of nitrogens with zero attached hydrogens (tertiary/aromatic N) is 1. The second-order valence-electron chi connectivity index (χ2n) is 4.37. The third-order valence-corrected chi connectivity index (χ3v) is 3.59. The van der Waals surface area contributed by atoms with E-state index >= 15 is 0 Å². The minimum absolute atomic E-state index is 0.0525. The maximum atomic E-state index is 12.5. The molecule has 0 atom stereocenters. The van der Waals surface area contributed by atoms with Gasteiger partial charge in [0, 0.05) is 0 Å². The maximum Gasteiger partial charge on any atom is 0.206 e. The Labute approximate surface area is 138 Å². The van der Waals surface area contributed by atoms with Crippen LogP contribution in [-0.4, -0.2) is 12.9 Å². The van der Waals surface area contributed by atoms with Gasteiger partial charge in [0.15, 0.2) is 0 Å². The number of rotatable bonds is 4. The lowest BCUT2D eigenvalue weighted by atomic mass is 10.0. The molecule has 0 saturated carbocycles. The van der Waals surface area contributed by atoms with Crippen LogP contribution in [0.1, 0.15) is 15.9 Å². The van der Waals surface area contributed by atoms with Crippen molar-refractivity contribution in [2.24, 2.45) is 0 Å². The van der Waals surface area contributed by atoms with Crippen molar-refractivity contribution < 1.29 is 9.53 Å². The summed E-state index contributed by atoms with van der Waals surface area (Å²) in [7, 11) is 1.54. The Kier molecular flexibility index (Phi) is 5.21. The molecule has 0 aromatic heterocycles. The topological polar surface area (TPSA) is 50.1 Å². The monoisotopic (exact) mass is 331 g/mol. The van der Waals surface area contributed by atoms with Crippen LogP contribution in [0, 0.1) is 11.3 Å². The molecule has 0 N–H and O–H groups in total. The smallest absolute Gasteiger partial charge is 0.206 e. The molecule has 2 aromatic carbocycles. The van der Waals surface area contributed by atoms with E-state index in [9.17, 15) is 10.1 Å². The van der Waals surface area contributed by atoms with Gasteiger partial charge in [-0.15, -0.1) is 0 Å². The van der Waals surface area contributed by atoms with Gasteiger partial charge in [0.05, 0.1) is 22.7 Å². The summed E-state index contributed by atoms with van der Waals surface area (Å²) >= 11 is 12.0. The van der Waals surface area contributed by atoms with Crippen LogP contribution in [0.3, 0.4) is 0 Å². The Morgan fingerprint density at radius 2 is 1.82 bits per heavy atom. The number of allylic oxidation sites excluding steroid dienone is 1. The molecule has 0 amide bonds. The van der Waals surface area contributed by atoms with Gasteiger partial charge in [0.25, 0.3) is 0 Å². The van der Waals surface area contributed by atoms with Crippen LogP contribution < -0.4 is 4.74 Å². The van der Waals surface area contributed by atoms with Gasteiger partial charge < -0.3 is 4.74 Å². The molecule has 22 heavy (non-hydrogen) atoms. The van der Waals surface area contributed by atoms with Crippen molar-refractivity contribution in [3.8, 4) is 11.8 Å². The van der Waals surface area contributed by atoms with E-state index in [1.807, 2.05) is 6.07 Å². The quantitative estimate of drug-likeness (QED) is 0.459. The molecule has 0 aliphatic rings. The van der Waals surface area contributed by atoms with Crippen molar-refractivity contribution in [3.63, 3.8) is 0 Å². The summed E-state index contributed by atoms with van der Waals surface area (Å²) in [6.07, 6.45) is 1.48. The fraction of sp³-hybridized carbons (Fsp3) is 0.0588. The van der Waals surface area contributed by atoms with E-state index in [-0.39, 0.29) is 21.2 Å². The zero-order valence-corrected chi connectivity index (χ0v) is 13.2. The number of Topliss-reactive ketones (excluding diaryl/α,β-unsaturated/α-hetero) is 1. The second-order valence-corrected chi connectivity index (χ2v) is 5.19. The molecule has 0 saturated heterocycles. The highest BCUT2D eigenvalue weighted by Gasteiger charge is 2.18. The van der Waals surface area contributed by atoms with E-state index in [1.165, 1.54) is 6.08 Å². The van der Waals surface area contributed by atoms with Crippen molar-refractivity contribution in [2.45, 2.75) is 0 Å². The Morgan fingerprint density at radius 1 is 1.18 bits per heavy atom. The van der Waals surface area contributed by atoms with Gasteiger partial charge in [-0.2, -0.15) is 5.26 Å². The van der Waals surface area contributed by atoms with E-state index in [4.69, 9.17) is 27.9 Å². The Morgan fingerprint density at radius 3 is 2.41 bits per heavy atom. The number of benzene rings is 2. The number of hydrogen-bond acceptors (Lipinski definition) is 3. The third kappa shape index (κ3) is 3.48. The summed E-state index contributed by atoms with van der Waals surface area (Å²) in [5.74, 6) is 0.121. The lowest BCUT2D eigenvalue weighted by Gasteiger charge is -2.05. The van der Waals surface area contributed by atoms with E-state index in [1.54, 1.807) is 49.6 Å². The Bertz CT molecular complexity index is 771. The molecule has 0 unspecified atom stereocenters. The van der Waals surface area contributed by atoms with Crippen LogP contribution >= 0.6 is 23.2 Å². The molecule has 0 bridgehead atoms. The Balaban J connectivity index is 2.45. The first-order valence-electron chi connectivity index (χ1n) is 6.31. The number of methoxy groups -OCH3 is 1. The number of ketones is 1. The molecule has 5 heteroatoms. The number of carbonyl (C=O) groups excluding carboxylic acids is 1. The first-order chi connectivity index (χ1) is 10.6. The highest BCUT2D eigenvalue weighted by atomic mass is 35.5. The van der Waals surface area contributed by atoms with Crippen molar-refractivity contribution in [3.05, 3.63) is 69.2 Å². The number of carbonyl (C=O) groups is 1. The standard InChI is InChI=1S/C17H11Cl2NO2/c1-22-13-5-2-4-11(9-13)8-12(10-20)17(21)16-14(18)6-3-7-15(16)19/h2-9H,1H3/b12-8-. The highest BCUT2D eigenvalue weighted by molar-refractivity contribution is 6.41. The van der Waals surface area contributed by atoms with Crippen LogP contribution in [-0.2, 0) is 0 Å². The van der Waals surface area contributed by atoms with E-state index in [0.29, 0.717) is 11.3 Å². The molecule has 2 rings (SSSR count). The van der Waals surface area contributed by atoms with Gasteiger partial charge in [-0.1, -0.05) is 41.4 Å². The average molecular weight is 332 g/mol. The van der Waals surface area contributed by atoms with Gasteiger partial charge in [0.2, 0.25) is 5.78 Å². The van der Waals surface area contributed by atoms with Gasteiger partial charge in [0.1, 0.15) is 17.4 Å². The van der Waals surface area contributed by atoms with E-state index in [0.717, 1.165) is 0 Å². The summed E-state index contributed by atoms with van der Waals surface area (Å²) in [5, 5.41) is 9.70. The van der Waals surface area contributed by atoms with Crippen LogP contribution in [0.2, 0.25) is 10.0 Å². The second kappa shape index (κ2) is 7.13. The molecule has 0 spiro atoms. The first-order valence-corrected chi connectivity index (χ1v) is 7.07. The summed E-state index contributed by atoms with van der Waals surface area (Å²) in [4.78, 5) is 12.5. The molecule has 0 aliphatic heterocycles. The number of hydrogen-bond donors (Lipinski definition) is 0. The van der Waals surface area contributed by atoms with Gasteiger partial charge in [-0.3, -0.25) is 4.79 Å². The number of halogens is 2. The summed E-state index contributed by atoms with van der Waals surface area (Å²) < 4.78 is 5.11. The third-order valence-electron chi connectivity index (χ3n) is 2.96. The number of nitriles is 1. The lowest BCUT2D eigenvalue weighted by Crippen LogP contribution is -2.04. The largest absolute Gasteiger partial charge is 0.497 e. The molecule has 0 heterocycles.